The van der Waals surface area contributed by atoms with Gasteiger partial charge in [-0.15, -0.1) is 11.8 Å². The summed E-state index contributed by atoms with van der Waals surface area (Å²) in [7, 11) is 0. The Morgan fingerprint density at radius 2 is 1.70 bits per heavy atom. The normalized spacial score (nSPS) is 21.1. The predicted molar refractivity (Wildman–Crippen MR) is 84.9 cm³/mol. The molecule has 1 aliphatic rings. The molecule has 0 amide bonds. The number of hydrogen-bond donors (Lipinski definition) is 1. The Morgan fingerprint density at radius 1 is 1.00 bits per heavy atom. The second-order valence-electron chi connectivity index (χ2n) is 4.99. The first-order valence-corrected chi connectivity index (χ1v) is 7.55. The molecule has 2 aromatic carbocycles. The first kappa shape index (κ1) is 13.3. The molecule has 1 unspecified atom stereocenters. The zero-order valence-electron chi connectivity index (χ0n) is 11.2. The largest absolute Gasteiger partial charge is 0.457 e. The Labute approximate surface area is 123 Å². The maximum Gasteiger partial charge on any atom is 0.127 e. The Morgan fingerprint density at radius 3 is 2.35 bits per heavy atom. The van der Waals surface area contributed by atoms with Crippen molar-refractivity contribution in [2.45, 2.75) is 17.7 Å². The number of rotatable bonds is 4. The third-order valence-corrected chi connectivity index (χ3v) is 4.38. The summed E-state index contributed by atoms with van der Waals surface area (Å²) in [5, 5.41) is 2.09. The van der Waals surface area contributed by atoms with E-state index in [1.54, 1.807) is 11.8 Å². The molecule has 0 aromatic heterocycles. The highest BCUT2D eigenvalue weighted by Gasteiger charge is 2.26. The lowest BCUT2D eigenvalue weighted by Gasteiger charge is -2.22. The fourth-order valence-corrected chi connectivity index (χ4v) is 3.14. The highest BCUT2D eigenvalue weighted by atomic mass is 32.2. The molecule has 1 aliphatic heterocycles. The number of benzene rings is 2. The average Bonchev–Trinajstić information content (AvgIpc) is 2.89. The summed E-state index contributed by atoms with van der Waals surface area (Å²) in [6.45, 7) is 0. The van der Waals surface area contributed by atoms with Crippen molar-refractivity contribution in [2.24, 2.45) is 5.73 Å². The maximum absolute atomic E-state index is 6.32. The van der Waals surface area contributed by atoms with E-state index in [9.17, 15) is 0 Å². The van der Waals surface area contributed by atoms with Crippen LogP contribution in [0.3, 0.4) is 0 Å². The smallest absolute Gasteiger partial charge is 0.127 e. The summed E-state index contributed by atoms with van der Waals surface area (Å²) in [5.74, 6) is 1.70. The van der Waals surface area contributed by atoms with Gasteiger partial charge in [-0.05, 0) is 41.7 Å². The van der Waals surface area contributed by atoms with E-state index in [2.05, 4.69) is 23.6 Å². The Bertz CT molecular complexity index is 584. The molecule has 20 heavy (non-hydrogen) atoms. The zero-order chi connectivity index (χ0) is 13.8. The standard InChI is InChI=1S/C17H17NOS/c18-17(11-4-12-20-17)13-14-7-9-16(10-8-14)19-15-5-2-1-3-6-15/h1-10,12H,11,13,18H2. The van der Waals surface area contributed by atoms with Crippen molar-refractivity contribution >= 4 is 11.8 Å². The van der Waals surface area contributed by atoms with Gasteiger partial charge in [0.05, 0.1) is 4.87 Å². The summed E-state index contributed by atoms with van der Waals surface area (Å²) in [6, 6.07) is 18.0. The molecule has 2 aromatic rings. The number of hydrogen-bond acceptors (Lipinski definition) is 3. The molecule has 0 fully saturated rings. The first-order chi connectivity index (χ1) is 9.73. The van der Waals surface area contributed by atoms with Crippen LogP contribution in [0.2, 0.25) is 0 Å². The van der Waals surface area contributed by atoms with Gasteiger partial charge in [-0.2, -0.15) is 0 Å². The van der Waals surface area contributed by atoms with E-state index >= 15 is 0 Å². The molecule has 0 saturated carbocycles. The van der Waals surface area contributed by atoms with Crippen molar-refractivity contribution in [1.29, 1.82) is 0 Å². The fraction of sp³-hybridized carbons (Fsp3) is 0.176. The van der Waals surface area contributed by atoms with E-state index in [1.807, 2.05) is 42.5 Å². The molecule has 2 nitrogen and oxygen atoms in total. The van der Waals surface area contributed by atoms with Crippen molar-refractivity contribution < 1.29 is 4.74 Å². The number of thioether (sulfide) groups is 1. The summed E-state index contributed by atoms with van der Waals surface area (Å²) < 4.78 is 5.78. The van der Waals surface area contributed by atoms with E-state index in [1.165, 1.54) is 5.56 Å². The van der Waals surface area contributed by atoms with Crippen LogP contribution in [-0.2, 0) is 6.42 Å². The van der Waals surface area contributed by atoms with Gasteiger partial charge in [0.1, 0.15) is 11.5 Å². The average molecular weight is 283 g/mol. The summed E-state index contributed by atoms with van der Waals surface area (Å²) >= 11 is 1.71. The summed E-state index contributed by atoms with van der Waals surface area (Å²) in [4.78, 5) is -0.179. The summed E-state index contributed by atoms with van der Waals surface area (Å²) in [5.41, 5.74) is 7.56. The SMILES string of the molecule is NC1(Cc2ccc(Oc3ccccc3)cc2)CC=CS1. The van der Waals surface area contributed by atoms with Gasteiger partial charge in [0.15, 0.2) is 0 Å². The number of ether oxygens (including phenoxy) is 1. The molecule has 3 rings (SSSR count). The molecular formula is C17H17NOS. The van der Waals surface area contributed by atoms with Gasteiger partial charge < -0.3 is 10.5 Å². The fourth-order valence-electron chi connectivity index (χ4n) is 2.24. The molecule has 2 N–H and O–H groups in total. The third kappa shape index (κ3) is 3.24. The van der Waals surface area contributed by atoms with Crippen molar-refractivity contribution in [1.82, 2.24) is 0 Å². The van der Waals surface area contributed by atoms with Crippen molar-refractivity contribution in [3.05, 3.63) is 71.6 Å². The van der Waals surface area contributed by atoms with Crippen LogP contribution >= 0.6 is 11.8 Å². The van der Waals surface area contributed by atoms with Crippen LogP contribution in [0.1, 0.15) is 12.0 Å². The molecule has 0 spiro atoms. The van der Waals surface area contributed by atoms with Crippen LogP contribution in [0, 0.1) is 0 Å². The van der Waals surface area contributed by atoms with Crippen LogP contribution < -0.4 is 10.5 Å². The molecule has 3 heteroatoms. The molecule has 0 radical (unpaired) electrons. The molecule has 1 heterocycles. The predicted octanol–water partition coefficient (Wildman–Crippen LogP) is 4.33. The van der Waals surface area contributed by atoms with E-state index in [0.29, 0.717) is 0 Å². The number of para-hydroxylation sites is 1. The highest BCUT2D eigenvalue weighted by molar-refractivity contribution is 8.03. The Balaban J connectivity index is 1.65. The zero-order valence-corrected chi connectivity index (χ0v) is 12.0. The maximum atomic E-state index is 6.32. The van der Waals surface area contributed by atoms with Crippen molar-refractivity contribution in [2.75, 3.05) is 0 Å². The highest BCUT2D eigenvalue weighted by Crippen LogP contribution is 2.34. The van der Waals surface area contributed by atoms with Crippen molar-refractivity contribution in [3.63, 3.8) is 0 Å². The first-order valence-electron chi connectivity index (χ1n) is 6.67. The Hall–Kier alpha value is -1.71. The minimum atomic E-state index is -0.179. The van der Waals surface area contributed by atoms with E-state index in [-0.39, 0.29) is 4.87 Å². The quantitative estimate of drug-likeness (QED) is 0.907. The lowest BCUT2D eigenvalue weighted by Crippen LogP contribution is -2.35. The molecule has 102 valence electrons. The molecule has 1 atom stereocenters. The van der Waals surface area contributed by atoms with Crippen molar-refractivity contribution in [3.8, 4) is 11.5 Å². The van der Waals surface area contributed by atoms with Crippen LogP contribution in [0.5, 0.6) is 11.5 Å². The lowest BCUT2D eigenvalue weighted by atomic mass is 10.0. The second kappa shape index (κ2) is 5.73. The van der Waals surface area contributed by atoms with Gasteiger partial charge in [-0.1, -0.05) is 36.4 Å². The van der Waals surface area contributed by atoms with Crippen LogP contribution in [0.4, 0.5) is 0 Å². The molecule has 0 aliphatic carbocycles. The molecular weight excluding hydrogens is 266 g/mol. The van der Waals surface area contributed by atoms with E-state index in [0.717, 1.165) is 24.3 Å². The summed E-state index contributed by atoms with van der Waals surface area (Å²) in [6.07, 6.45) is 3.94. The van der Waals surface area contributed by atoms with Gasteiger partial charge >= 0.3 is 0 Å². The van der Waals surface area contributed by atoms with Gasteiger partial charge in [-0.3, -0.25) is 0 Å². The van der Waals surface area contributed by atoms with Gasteiger partial charge in [0, 0.05) is 6.42 Å². The van der Waals surface area contributed by atoms with Crippen LogP contribution in [0.15, 0.2) is 66.1 Å². The minimum Gasteiger partial charge on any atom is -0.457 e. The minimum absolute atomic E-state index is 0.179. The lowest BCUT2D eigenvalue weighted by molar-refractivity contribution is 0.482. The topological polar surface area (TPSA) is 35.2 Å². The number of nitrogens with two attached hydrogens (primary N) is 1. The molecule has 0 saturated heterocycles. The monoisotopic (exact) mass is 283 g/mol. The van der Waals surface area contributed by atoms with Crippen LogP contribution in [0.25, 0.3) is 0 Å². The van der Waals surface area contributed by atoms with E-state index < -0.39 is 0 Å². The third-order valence-electron chi connectivity index (χ3n) is 3.27. The molecule has 0 bridgehead atoms. The second-order valence-corrected chi connectivity index (χ2v) is 6.32. The van der Waals surface area contributed by atoms with Crippen LogP contribution in [-0.4, -0.2) is 4.87 Å². The van der Waals surface area contributed by atoms with E-state index in [4.69, 9.17) is 10.5 Å². The van der Waals surface area contributed by atoms with Gasteiger partial charge in [0.25, 0.3) is 0 Å². The Kier molecular flexibility index (Phi) is 3.81. The van der Waals surface area contributed by atoms with Gasteiger partial charge in [0.2, 0.25) is 0 Å². The van der Waals surface area contributed by atoms with Gasteiger partial charge in [-0.25, -0.2) is 0 Å².